The van der Waals surface area contributed by atoms with E-state index >= 15 is 0 Å². The van der Waals surface area contributed by atoms with Crippen molar-refractivity contribution >= 4 is 5.97 Å². The van der Waals surface area contributed by atoms with E-state index in [4.69, 9.17) is 14.2 Å². The number of halogens is 2. The van der Waals surface area contributed by atoms with Crippen LogP contribution in [0.25, 0.3) is 11.1 Å². The molecule has 0 saturated heterocycles. The smallest absolute Gasteiger partial charge is 0.333 e. The molecule has 2 aromatic rings. The molecule has 0 N–H and O–H groups in total. The summed E-state index contributed by atoms with van der Waals surface area (Å²) in [6.45, 7) is 5.48. The fourth-order valence-electron chi connectivity index (χ4n) is 2.77. The summed E-state index contributed by atoms with van der Waals surface area (Å²) >= 11 is 0. The first kappa shape index (κ1) is 21.6. The molecule has 6 heteroatoms. The minimum atomic E-state index is -0.494. The first-order chi connectivity index (χ1) is 13.3. The van der Waals surface area contributed by atoms with Gasteiger partial charge in [-0.3, -0.25) is 0 Å². The van der Waals surface area contributed by atoms with Gasteiger partial charge in [-0.05, 0) is 42.7 Å². The van der Waals surface area contributed by atoms with Gasteiger partial charge in [0, 0.05) is 30.2 Å². The Bertz CT molecular complexity index is 848. The van der Waals surface area contributed by atoms with Crippen LogP contribution in [-0.2, 0) is 20.7 Å². The van der Waals surface area contributed by atoms with E-state index < -0.39 is 17.6 Å². The molecule has 1 atom stereocenters. The highest BCUT2D eigenvalue weighted by Gasteiger charge is 2.17. The third-order valence-corrected chi connectivity index (χ3v) is 4.25. The molecular formula is C22H24F2O4. The predicted molar refractivity (Wildman–Crippen MR) is 103 cm³/mol. The average Bonchev–Trinajstić information content (AvgIpc) is 2.67. The lowest BCUT2D eigenvalue weighted by molar-refractivity contribution is -0.140. The Kier molecular flexibility index (Phi) is 7.70. The lowest BCUT2D eigenvalue weighted by Crippen LogP contribution is -2.21. The van der Waals surface area contributed by atoms with Crippen LogP contribution in [0.5, 0.6) is 5.75 Å². The highest BCUT2D eigenvalue weighted by Crippen LogP contribution is 2.28. The summed E-state index contributed by atoms with van der Waals surface area (Å²) in [6.07, 6.45) is 0.314. The molecule has 0 saturated carbocycles. The molecule has 0 aliphatic rings. The van der Waals surface area contributed by atoms with Crippen LogP contribution in [0.1, 0.15) is 12.5 Å². The van der Waals surface area contributed by atoms with Crippen molar-refractivity contribution in [1.29, 1.82) is 0 Å². The molecule has 2 rings (SSSR count). The maximum Gasteiger partial charge on any atom is 0.333 e. The minimum absolute atomic E-state index is 0.0911. The van der Waals surface area contributed by atoms with E-state index in [1.807, 2.05) is 0 Å². The summed E-state index contributed by atoms with van der Waals surface area (Å²) in [6, 6.07) is 8.99. The molecule has 0 aromatic heterocycles. The molecule has 0 spiro atoms. The zero-order chi connectivity index (χ0) is 20.7. The number of hydrogen-bond acceptors (Lipinski definition) is 4. The van der Waals surface area contributed by atoms with Gasteiger partial charge in [-0.25, -0.2) is 13.6 Å². The van der Waals surface area contributed by atoms with Gasteiger partial charge in [-0.2, -0.15) is 0 Å². The first-order valence-electron chi connectivity index (χ1n) is 8.79. The van der Waals surface area contributed by atoms with Gasteiger partial charge in [0.25, 0.3) is 0 Å². The van der Waals surface area contributed by atoms with Crippen LogP contribution in [0.3, 0.4) is 0 Å². The fraction of sp³-hybridized carbons (Fsp3) is 0.318. The van der Waals surface area contributed by atoms with Gasteiger partial charge < -0.3 is 14.2 Å². The van der Waals surface area contributed by atoms with Crippen LogP contribution in [0.4, 0.5) is 8.78 Å². The van der Waals surface area contributed by atoms with Gasteiger partial charge in [0.15, 0.2) is 0 Å². The van der Waals surface area contributed by atoms with Crippen molar-refractivity contribution in [2.24, 2.45) is 5.92 Å². The minimum Gasteiger partial charge on any atom is -0.497 e. The van der Waals surface area contributed by atoms with E-state index in [1.165, 1.54) is 26.4 Å². The molecular weight excluding hydrogens is 366 g/mol. The number of carbonyl (C=O) groups excluding carboxylic acids is 1. The van der Waals surface area contributed by atoms with Gasteiger partial charge in [-0.15, -0.1) is 0 Å². The Morgan fingerprint density at radius 2 is 1.82 bits per heavy atom. The molecule has 28 heavy (non-hydrogen) atoms. The SMILES string of the molecule is C=C(C)C(=O)OCC(COC)Cc1ccc(-c2ccc(OC)cc2F)cc1F. The van der Waals surface area contributed by atoms with Crippen molar-refractivity contribution in [2.75, 3.05) is 27.4 Å². The van der Waals surface area contributed by atoms with Gasteiger partial charge in [0.05, 0.1) is 20.3 Å². The molecule has 0 amide bonds. The van der Waals surface area contributed by atoms with Gasteiger partial charge >= 0.3 is 5.97 Å². The Labute approximate surface area is 163 Å². The number of rotatable bonds is 9. The Hall–Kier alpha value is -2.73. The number of ether oxygens (including phenoxy) is 3. The van der Waals surface area contributed by atoms with Crippen LogP contribution in [0.2, 0.25) is 0 Å². The highest BCUT2D eigenvalue weighted by atomic mass is 19.1. The number of esters is 1. The summed E-state index contributed by atoms with van der Waals surface area (Å²) in [5, 5.41) is 0. The third-order valence-electron chi connectivity index (χ3n) is 4.25. The molecule has 0 aliphatic heterocycles. The van der Waals surface area contributed by atoms with E-state index in [2.05, 4.69) is 6.58 Å². The second-order valence-electron chi connectivity index (χ2n) is 6.56. The second kappa shape index (κ2) is 9.99. The zero-order valence-corrected chi connectivity index (χ0v) is 16.3. The lowest BCUT2D eigenvalue weighted by atomic mass is 9.97. The van der Waals surface area contributed by atoms with E-state index in [9.17, 15) is 13.6 Å². The zero-order valence-electron chi connectivity index (χ0n) is 16.3. The van der Waals surface area contributed by atoms with Crippen molar-refractivity contribution in [1.82, 2.24) is 0 Å². The number of benzene rings is 2. The van der Waals surface area contributed by atoms with Crippen molar-refractivity contribution in [2.45, 2.75) is 13.3 Å². The molecule has 0 aliphatic carbocycles. The summed E-state index contributed by atoms with van der Waals surface area (Å²) in [4.78, 5) is 11.6. The highest BCUT2D eigenvalue weighted by molar-refractivity contribution is 5.86. The monoisotopic (exact) mass is 390 g/mol. The molecule has 0 heterocycles. The fourth-order valence-corrected chi connectivity index (χ4v) is 2.77. The van der Waals surface area contributed by atoms with Crippen LogP contribution in [-0.4, -0.2) is 33.4 Å². The normalized spacial score (nSPS) is 11.8. The molecule has 150 valence electrons. The van der Waals surface area contributed by atoms with Gasteiger partial charge in [0.1, 0.15) is 17.4 Å². The Morgan fingerprint density at radius 1 is 1.07 bits per heavy atom. The van der Waals surface area contributed by atoms with Crippen molar-refractivity contribution in [3.8, 4) is 16.9 Å². The summed E-state index contributed by atoms with van der Waals surface area (Å²) in [5.74, 6) is -1.26. The molecule has 1 unspecified atom stereocenters. The van der Waals surface area contributed by atoms with E-state index in [0.29, 0.717) is 35.5 Å². The first-order valence-corrected chi connectivity index (χ1v) is 8.79. The standard InChI is InChI=1S/C22H24F2O4/c1-14(2)22(25)28-13-15(12-26-3)9-17-6-5-16(10-20(17)23)19-8-7-18(27-4)11-21(19)24/h5-8,10-11,15H,1,9,12-13H2,2-4H3. The van der Waals surface area contributed by atoms with Crippen molar-refractivity contribution in [3.63, 3.8) is 0 Å². The number of carbonyl (C=O) groups is 1. The van der Waals surface area contributed by atoms with Crippen LogP contribution >= 0.6 is 0 Å². The molecule has 4 nitrogen and oxygen atoms in total. The Balaban J connectivity index is 2.15. The lowest BCUT2D eigenvalue weighted by Gasteiger charge is -2.17. The quantitative estimate of drug-likeness (QED) is 0.465. The van der Waals surface area contributed by atoms with Crippen LogP contribution in [0.15, 0.2) is 48.6 Å². The molecule has 0 fully saturated rings. The topological polar surface area (TPSA) is 44.8 Å². The average molecular weight is 390 g/mol. The van der Waals surface area contributed by atoms with E-state index in [0.717, 1.165) is 0 Å². The van der Waals surface area contributed by atoms with Gasteiger partial charge in [-0.1, -0.05) is 18.7 Å². The summed E-state index contributed by atoms with van der Waals surface area (Å²) in [5.41, 5.74) is 1.45. The maximum atomic E-state index is 14.6. The van der Waals surface area contributed by atoms with Crippen molar-refractivity contribution in [3.05, 3.63) is 65.7 Å². The van der Waals surface area contributed by atoms with Gasteiger partial charge in [0.2, 0.25) is 0 Å². The molecule has 2 aromatic carbocycles. The molecule has 0 radical (unpaired) electrons. The summed E-state index contributed by atoms with van der Waals surface area (Å²) < 4.78 is 44.1. The van der Waals surface area contributed by atoms with E-state index in [1.54, 1.807) is 31.2 Å². The number of methoxy groups -OCH3 is 2. The van der Waals surface area contributed by atoms with E-state index in [-0.39, 0.29) is 18.1 Å². The number of hydrogen-bond donors (Lipinski definition) is 0. The second-order valence-corrected chi connectivity index (χ2v) is 6.56. The van der Waals surface area contributed by atoms with Crippen LogP contribution < -0.4 is 4.74 Å². The largest absolute Gasteiger partial charge is 0.497 e. The van der Waals surface area contributed by atoms with Crippen LogP contribution in [0, 0.1) is 17.6 Å². The predicted octanol–water partition coefficient (Wildman–Crippen LogP) is 4.56. The third kappa shape index (κ3) is 5.63. The maximum absolute atomic E-state index is 14.6. The molecule has 0 bridgehead atoms. The Morgan fingerprint density at radius 3 is 2.39 bits per heavy atom. The van der Waals surface area contributed by atoms with Crippen molar-refractivity contribution < 1.29 is 27.8 Å². The summed E-state index contributed by atoms with van der Waals surface area (Å²) in [7, 11) is 2.98.